The van der Waals surface area contributed by atoms with Crippen LogP contribution in [0.2, 0.25) is 5.02 Å². The molecular weight excluding hydrogens is 486 g/mol. The molecule has 1 unspecified atom stereocenters. The van der Waals surface area contributed by atoms with E-state index in [1.807, 2.05) is 38.1 Å². The number of benzene rings is 2. The number of carbonyl (C=O) groups excluding carboxylic acids is 2. The maximum atomic E-state index is 13.3. The van der Waals surface area contributed by atoms with E-state index in [-0.39, 0.29) is 24.8 Å². The van der Waals surface area contributed by atoms with Gasteiger partial charge in [-0.05, 0) is 56.5 Å². The molecular formula is C26H36ClN3O4S. The van der Waals surface area contributed by atoms with E-state index < -0.39 is 16.1 Å². The molecule has 0 bridgehead atoms. The van der Waals surface area contributed by atoms with E-state index in [0.29, 0.717) is 30.2 Å². The van der Waals surface area contributed by atoms with Crippen LogP contribution in [-0.2, 0) is 26.2 Å². The molecule has 2 aromatic rings. The minimum Gasteiger partial charge on any atom is -0.354 e. The highest BCUT2D eigenvalue weighted by atomic mass is 35.5. The highest BCUT2D eigenvalue weighted by Crippen LogP contribution is 2.21. The fraction of sp³-hybridized carbons (Fsp3) is 0.462. The van der Waals surface area contributed by atoms with Crippen LogP contribution in [0.3, 0.4) is 0 Å². The van der Waals surface area contributed by atoms with Gasteiger partial charge in [0.1, 0.15) is 6.04 Å². The van der Waals surface area contributed by atoms with Crippen molar-refractivity contribution in [3.05, 3.63) is 64.7 Å². The number of hydrogen-bond donors (Lipinski definition) is 1. The molecule has 0 saturated carbocycles. The fourth-order valence-electron chi connectivity index (χ4n) is 3.62. The van der Waals surface area contributed by atoms with E-state index in [2.05, 4.69) is 5.32 Å². The van der Waals surface area contributed by atoms with E-state index in [1.165, 1.54) is 4.31 Å². The van der Waals surface area contributed by atoms with Crippen molar-refractivity contribution in [1.82, 2.24) is 10.2 Å². The van der Waals surface area contributed by atoms with Gasteiger partial charge in [-0.3, -0.25) is 13.9 Å². The quantitative estimate of drug-likeness (QED) is 0.392. The summed E-state index contributed by atoms with van der Waals surface area (Å²) in [5.41, 5.74) is 2.53. The van der Waals surface area contributed by atoms with Gasteiger partial charge in [0, 0.05) is 31.1 Å². The Bertz CT molecular complexity index is 1070. The third kappa shape index (κ3) is 9.18. The second-order valence-corrected chi connectivity index (χ2v) is 11.1. The third-order valence-corrected chi connectivity index (χ3v) is 7.18. The zero-order valence-electron chi connectivity index (χ0n) is 21.0. The molecule has 9 heteroatoms. The van der Waals surface area contributed by atoms with E-state index in [0.717, 1.165) is 30.2 Å². The number of carbonyl (C=O) groups is 2. The summed E-state index contributed by atoms with van der Waals surface area (Å²) < 4.78 is 26.0. The van der Waals surface area contributed by atoms with Gasteiger partial charge in [-0.15, -0.1) is 0 Å². The van der Waals surface area contributed by atoms with Crippen LogP contribution in [-0.4, -0.2) is 50.5 Å². The lowest BCUT2D eigenvalue weighted by atomic mass is 10.1. The van der Waals surface area contributed by atoms with E-state index in [4.69, 9.17) is 11.6 Å². The van der Waals surface area contributed by atoms with Gasteiger partial charge in [-0.2, -0.15) is 0 Å². The van der Waals surface area contributed by atoms with Gasteiger partial charge in [-0.1, -0.05) is 54.8 Å². The van der Waals surface area contributed by atoms with Crippen LogP contribution in [0.25, 0.3) is 0 Å². The number of nitrogens with zero attached hydrogens (tertiary/aromatic N) is 2. The SMILES string of the molecule is CCCCNC(=O)C(C)N(Cc1ccc(C)cc1)C(=O)CCCN(c1ccc(Cl)cc1)S(C)(=O)=O. The van der Waals surface area contributed by atoms with Crippen LogP contribution in [0.1, 0.15) is 50.7 Å². The van der Waals surface area contributed by atoms with Gasteiger partial charge in [0.25, 0.3) is 0 Å². The van der Waals surface area contributed by atoms with Crippen molar-refractivity contribution in [2.45, 2.75) is 59.0 Å². The summed E-state index contributed by atoms with van der Waals surface area (Å²) in [5.74, 6) is -0.397. The van der Waals surface area contributed by atoms with Crippen LogP contribution in [0, 0.1) is 6.92 Å². The molecule has 192 valence electrons. The van der Waals surface area contributed by atoms with Gasteiger partial charge < -0.3 is 10.2 Å². The molecule has 2 amide bonds. The van der Waals surface area contributed by atoms with Crippen molar-refractivity contribution in [2.75, 3.05) is 23.7 Å². The number of amides is 2. The van der Waals surface area contributed by atoms with E-state index >= 15 is 0 Å². The van der Waals surface area contributed by atoms with E-state index in [9.17, 15) is 18.0 Å². The lowest BCUT2D eigenvalue weighted by molar-refractivity contribution is -0.140. The maximum absolute atomic E-state index is 13.3. The van der Waals surface area contributed by atoms with Crippen molar-refractivity contribution in [3.63, 3.8) is 0 Å². The molecule has 2 rings (SSSR count). The summed E-state index contributed by atoms with van der Waals surface area (Å²) in [7, 11) is -3.54. The molecule has 0 aromatic heterocycles. The summed E-state index contributed by atoms with van der Waals surface area (Å²) in [6, 6.07) is 13.7. The molecule has 7 nitrogen and oxygen atoms in total. The number of anilines is 1. The Kier molecular flexibility index (Phi) is 11.0. The molecule has 0 saturated heterocycles. The van der Waals surface area contributed by atoms with Crippen LogP contribution in [0.4, 0.5) is 5.69 Å². The number of rotatable bonds is 13. The number of sulfonamides is 1. The normalized spacial score (nSPS) is 12.1. The molecule has 0 aliphatic rings. The number of halogens is 1. The first kappa shape index (κ1) is 28.7. The number of aryl methyl sites for hydroxylation is 1. The first-order valence-electron chi connectivity index (χ1n) is 11.9. The van der Waals surface area contributed by atoms with Gasteiger partial charge in [-0.25, -0.2) is 8.42 Å². The molecule has 0 heterocycles. The summed E-state index contributed by atoms with van der Waals surface area (Å²) in [6.45, 7) is 6.77. The molecule has 2 aromatic carbocycles. The molecule has 0 fully saturated rings. The van der Waals surface area contributed by atoms with Gasteiger partial charge in [0.05, 0.1) is 11.9 Å². The van der Waals surface area contributed by atoms with Crippen molar-refractivity contribution >= 4 is 39.1 Å². The summed E-state index contributed by atoms with van der Waals surface area (Å²) in [6.07, 6.45) is 3.39. The van der Waals surface area contributed by atoms with Gasteiger partial charge in [0.15, 0.2) is 0 Å². The molecule has 0 aliphatic heterocycles. The predicted molar refractivity (Wildman–Crippen MR) is 142 cm³/mol. The lowest BCUT2D eigenvalue weighted by Crippen LogP contribution is -2.48. The average Bonchev–Trinajstić information content (AvgIpc) is 2.81. The lowest BCUT2D eigenvalue weighted by Gasteiger charge is -2.29. The van der Waals surface area contributed by atoms with Crippen LogP contribution < -0.4 is 9.62 Å². The summed E-state index contributed by atoms with van der Waals surface area (Å²) in [4.78, 5) is 27.6. The minimum absolute atomic E-state index is 0.109. The fourth-order valence-corrected chi connectivity index (χ4v) is 4.71. The van der Waals surface area contributed by atoms with Crippen LogP contribution in [0.5, 0.6) is 0 Å². The maximum Gasteiger partial charge on any atom is 0.242 e. The summed E-state index contributed by atoms with van der Waals surface area (Å²) in [5, 5.41) is 3.41. The van der Waals surface area contributed by atoms with Crippen molar-refractivity contribution in [1.29, 1.82) is 0 Å². The molecule has 0 radical (unpaired) electrons. The van der Waals surface area contributed by atoms with Gasteiger partial charge >= 0.3 is 0 Å². The van der Waals surface area contributed by atoms with Crippen molar-refractivity contribution in [2.24, 2.45) is 0 Å². The standard InChI is InChI=1S/C26H36ClN3O4S/c1-5-6-17-28-26(32)21(3)29(19-22-11-9-20(2)10-12-22)25(31)8-7-18-30(35(4,33)34)24-15-13-23(27)14-16-24/h9-16,21H,5-8,17-19H2,1-4H3,(H,28,32). The minimum atomic E-state index is -3.54. The zero-order valence-corrected chi connectivity index (χ0v) is 22.5. The Morgan fingerprint density at radius 1 is 1.03 bits per heavy atom. The Morgan fingerprint density at radius 2 is 1.66 bits per heavy atom. The van der Waals surface area contributed by atoms with Crippen molar-refractivity contribution in [3.8, 4) is 0 Å². The number of hydrogen-bond acceptors (Lipinski definition) is 4. The Morgan fingerprint density at radius 3 is 2.23 bits per heavy atom. The number of nitrogens with one attached hydrogen (secondary N) is 1. The highest BCUT2D eigenvalue weighted by molar-refractivity contribution is 7.92. The second kappa shape index (κ2) is 13.5. The van der Waals surface area contributed by atoms with E-state index in [1.54, 1.807) is 36.1 Å². The highest BCUT2D eigenvalue weighted by Gasteiger charge is 2.26. The van der Waals surface area contributed by atoms with Crippen LogP contribution in [0.15, 0.2) is 48.5 Å². The third-order valence-electron chi connectivity index (χ3n) is 5.74. The zero-order chi connectivity index (χ0) is 26.0. The topological polar surface area (TPSA) is 86.8 Å². The predicted octanol–water partition coefficient (Wildman–Crippen LogP) is 4.53. The average molecular weight is 522 g/mol. The Balaban J connectivity index is 2.12. The first-order chi connectivity index (χ1) is 16.5. The molecule has 1 atom stereocenters. The molecule has 0 spiro atoms. The van der Waals surface area contributed by atoms with Gasteiger partial charge in [0.2, 0.25) is 21.8 Å². The molecule has 0 aliphatic carbocycles. The molecule has 1 N–H and O–H groups in total. The second-order valence-electron chi connectivity index (χ2n) is 8.74. The van der Waals surface area contributed by atoms with Crippen molar-refractivity contribution < 1.29 is 18.0 Å². The first-order valence-corrected chi connectivity index (χ1v) is 14.1. The smallest absolute Gasteiger partial charge is 0.242 e. The summed E-state index contributed by atoms with van der Waals surface area (Å²) >= 11 is 5.93. The largest absolute Gasteiger partial charge is 0.354 e. The number of unbranched alkanes of at least 4 members (excludes halogenated alkanes) is 1. The monoisotopic (exact) mass is 521 g/mol. The van der Waals surface area contributed by atoms with Crippen LogP contribution >= 0.6 is 11.6 Å². The Hall–Kier alpha value is -2.58. The molecule has 35 heavy (non-hydrogen) atoms. The Labute approximate surface area is 214 Å².